The highest BCUT2D eigenvalue weighted by atomic mass is 35.5. The molecule has 0 bridgehead atoms. The molecule has 1 amide bonds. The van der Waals surface area contributed by atoms with Crippen LogP contribution in [0.2, 0.25) is 0 Å². The third kappa shape index (κ3) is 4.20. The minimum atomic E-state index is -0.300. The minimum Gasteiger partial charge on any atom is -0.345 e. The fourth-order valence-corrected chi connectivity index (χ4v) is 3.26. The predicted octanol–water partition coefficient (Wildman–Crippen LogP) is 3.13. The van der Waals surface area contributed by atoms with Crippen LogP contribution in [-0.2, 0) is 10.3 Å². The van der Waals surface area contributed by atoms with Gasteiger partial charge in [0.1, 0.15) is 5.82 Å². The Balaban J connectivity index is 0.00000176. The Morgan fingerprint density at radius 1 is 1.18 bits per heavy atom. The number of rotatable bonds is 6. The highest BCUT2D eigenvalue weighted by Crippen LogP contribution is 2.38. The van der Waals surface area contributed by atoms with Crippen LogP contribution in [0.5, 0.6) is 0 Å². The molecule has 1 aromatic carbocycles. The van der Waals surface area contributed by atoms with Crippen molar-refractivity contribution in [1.82, 2.24) is 10.6 Å². The van der Waals surface area contributed by atoms with Crippen LogP contribution in [0.1, 0.15) is 44.1 Å². The number of carbonyl (C=O) groups is 1. The molecule has 2 fully saturated rings. The zero-order valence-corrected chi connectivity index (χ0v) is 13.6. The summed E-state index contributed by atoms with van der Waals surface area (Å²) in [6.07, 6.45) is 6.66. The second kappa shape index (κ2) is 7.42. The van der Waals surface area contributed by atoms with Crippen molar-refractivity contribution < 1.29 is 9.18 Å². The summed E-state index contributed by atoms with van der Waals surface area (Å²) >= 11 is 0. The van der Waals surface area contributed by atoms with Crippen LogP contribution in [0.4, 0.5) is 4.39 Å². The molecule has 122 valence electrons. The van der Waals surface area contributed by atoms with Crippen LogP contribution in [0.3, 0.4) is 0 Å². The first kappa shape index (κ1) is 17.2. The summed E-state index contributed by atoms with van der Waals surface area (Å²) in [6.45, 7) is 1.32. The molecule has 0 atom stereocenters. The Morgan fingerprint density at radius 2 is 1.82 bits per heavy atom. The van der Waals surface area contributed by atoms with Crippen LogP contribution in [0.25, 0.3) is 0 Å². The van der Waals surface area contributed by atoms with Gasteiger partial charge in [-0.05, 0) is 55.8 Å². The van der Waals surface area contributed by atoms with Gasteiger partial charge < -0.3 is 10.6 Å². The summed E-state index contributed by atoms with van der Waals surface area (Å²) in [6, 6.07) is 6.57. The molecule has 22 heavy (non-hydrogen) atoms. The maximum atomic E-state index is 13.1. The Kier molecular flexibility index (Phi) is 5.81. The first-order chi connectivity index (χ1) is 10.2. The van der Waals surface area contributed by atoms with Crippen LogP contribution in [0.15, 0.2) is 24.3 Å². The van der Waals surface area contributed by atoms with Gasteiger partial charge in [-0.25, -0.2) is 4.39 Å². The summed E-state index contributed by atoms with van der Waals surface area (Å²) in [5, 5.41) is 6.43. The van der Waals surface area contributed by atoms with Crippen molar-refractivity contribution in [2.24, 2.45) is 5.92 Å². The zero-order chi connectivity index (χ0) is 14.7. The van der Waals surface area contributed by atoms with Gasteiger partial charge in [0.05, 0.1) is 12.1 Å². The molecule has 2 aliphatic rings. The molecule has 0 heterocycles. The largest absolute Gasteiger partial charge is 0.345 e. The SMILES string of the molecule is Cl.O=C(CNCC1CC1)NC1(c2ccc(F)cc2)CCCC1. The molecule has 0 aromatic heterocycles. The van der Waals surface area contributed by atoms with E-state index in [4.69, 9.17) is 0 Å². The van der Waals surface area contributed by atoms with E-state index >= 15 is 0 Å². The summed E-state index contributed by atoms with van der Waals surface area (Å²) in [7, 11) is 0. The Morgan fingerprint density at radius 3 is 2.41 bits per heavy atom. The number of hydrogen-bond donors (Lipinski definition) is 2. The fourth-order valence-electron chi connectivity index (χ4n) is 3.26. The van der Waals surface area contributed by atoms with Gasteiger partial charge in [-0.1, -0.05) is 25.0 Å². The van der Waals surface area contributed by atoms with Gasteiger partial charge in [0.2, 0.25) is 5.91 Å². The molecule has 3 rings (SSSR count). The van der Waals surface area contributed by atoms with Crippen LogP contribution >= 0.6 is 12.4 Å². The third-order valence-electron chi connectivity index (χ3n) is 4.65. The van der Waals surface area contributed by atoms with E-state index in [9.17, 15) is 9.18 Å². The molecular weight excluding hydrogens is 303 g/mol. The molecule has 2 N–H and O–H groups in total. The van der Waals surface area contributed by atoms with Crippen LogP contribution < -0.4 is 10.6 Å². The Bertz CT molecular complexity index is 496. The van der Waals surface area contributed by atoms with E-state index in [2.05, 4.69) is 10.6 Å². The molecule has 5 heteroatoms. The first-order valence-electron chi connectivity index (χ1n) is 7.96. The van der Waals surface area contributed by atoms with Gasteiger partial charge in [0.15, 0.2) is 0 Å². The van der Waals surface area contributed by atoms with Gasteiger partial charge in [-0.3, -0.25) is 4.79 Å². The van der Waals surface area contributed by atoms with Crippen molar-refractivity contribution in [3.63, 3.8) is 0 Å². The van der Waals surface area contributed by atoms with E-state index < -0.39 is 0 Å². The maximum Gasteiger partial charge on any atom is 0.234 e. The van der Waals surface area contributed by atoms with Crippen LogP contribution in [-0.4, -0.2) is 19.0 Å². The maximum absolute atomic E-state index is 13.1. The molecule has 0 radical (unpaired) electrons. The molecule has 0 spiro atoms. The predicted molar refractivity (Wildman–Crippen MR) is 87.5 cm³/mol. The third-order valence-corrected chi connectivity index (χ3v) is 4.65. The normalized spacial score (nSPS) is 19.5. The molecule has 2 aliphatic carbocycles. The van der Waals surface area contributed by atoms with E-state index in [1.165, 1.54) is 25.0 Å². The Labute approximate surface area is 137 Å². The lowest BCUT2D eigenvalue weighted by Crippen LogP contribution is -2.47. The van der Waals surface area contributed by atoms with E-state index in [1.807, 2.05) is 0 Å². The molecule has 0 saturated heterocycles. The van der Waals surface area contributed by atoms with Gasteiger partial charge in [0.25, 0.3) is 0 Å². The van der Waals surface area contributed by atoms with Crippen molar-refractivity contribution in [3.05, 3.63) is 35.6 Å². The quantitative estimate of drug-likeness (QED) is 0.843. The molecule has 0 unspecified atom stereocenters. The smallest absolute Gasteiger partial charge is 0.234 e. The van der Waals surface area contributed by atoms with E-state index in [0.29, 0.717) is 6.54 Å². The van der Waals surface area contributed by atoms with Crippen molar-refractivity contribution in [2.45, 2.75) is 44.1 Å². The van der Waals surface area contributed by atoms with Crippen molar-refractivity contribution in [2.75, 3.05) is 13.1 Å². The number of amides is 1. The number of hydrogen-bond acceptors (Lipinski definition) is 2. The summed E-state index contributed by atoms with van der Waals surface area (Å²) in [5.41, 5.74) is 0.725. The average molecular weight is 327 g/mol. The van der Waals surface area contributed by atoms with Gasteiger partial charge in [-0.15, -0.1) is 12.4 Å². The molecule has 0 aliphatic heterocycles. The molecular formula is C17H24ClFN2O. The number of benzene rings is 1. The van der Waals surface area contributed by atoms with Gasteiger partial charge in [-0.2, -0.15) is 0 Å². The average Bonchev–Trinajstić information content (AvgIpc) is 3.17. The van der Waals surface area contributed by atoms with E-state index in [-0.39, 0.29) is 29.7 Å². The van der Waals surface area contributed by atoms with Crippen molar-refractivity contribution >= 4 is 18.3 Å². The lowest BCUT2D eigenvalue weighted by atomic mass is 9.88. The monoisotopic (exact) mass is 326 g/mol. The van der Waals surface area contributed by atoms with E-state index in [0.717, 1.165) is 43.7 Å². The second-order valence-corrected chi connectivity index (χ2v) is 6.42. The van der Waals surface area contributed by atoms with Gasteiger partial charge >= 0.3 is 0 Å². The molecule has 1 aromatic rings. The number of halogens is 2. The number of nitrogens with one attached hydrogen (secondary N) is 2. The summed E-state index contributed by atoms with van der Waals surface area (Å²) < 4.78 is 13.1. The highest BCUT2D eigenvalue weighted by Gasteiger charge is 2.36. The van der Waals surface area contributed by atoms with Crippen molar-refractivity contribution in [1.29, 1.82) is 0 Å². The Hall–Kier alpha value is -1.13. The summed E-state index contributed by atoms with van der Waals surface area (Å²) in [4.78, 5) is 12.2. The molecule has 2 saturated carbocycles. The fraction of sp³-hybridized carbons (Fsp3) is 0.588. The first-order valence-corrected chi connectivity index (χ1v) is 7.96. The van der Waals surface area contributed by atoms with E-state index in [1.54, 1.807) is 12.1 Å². The van der Waals surface area contributed by atoms with Crippen LogP contribution in [0, 0.1) is 11.7 Å². The lowest BCUT2D eigenvalue weighted by molar-refractivity contribution is -0.122. The molecule has 3 nitrogen and oxygen atoms in total. The minimum absolute atomic E-state index is 0. The second-order valence-electron chi connectivity index (χ2n) is 6.42. The topological polar surface area (TPSA) is 41.1 Å². The standard InChI is InChI=1S/C17H23FN2O.ClH/c18-15-7-5-14(6-8-15)17(9-1-2-10-17)20-16(21)12-19-11-13-3-4-13;/h5-8,13,19H,1-4,9-12H2,(H,20,21);1H. The lowest BCUT2D eigenvalue weighted by Gasteiger charge is -2.31. The highest BCUT2D eigenvalue weighted by molar-refractivity contribution is 5.85. The number of carbonyl (C=O) groups excluding carboxylic acids is 1. The zero-order valence-electron chi connectivity index (χ0n) is 12.7. The van der Waals surface area contributed by atoms with Crippen molar-refractivity contribution in [3.8, 4) is 0 Å². The van der Waals surface area contributed by atoms with Gasteiger partial charge in [0, 0.05) is 0 Å². The summed E-state index contributed by atoms with van der Waals surface area (Å²) in [5.74, 6) is 0.585.